The van der Waals surface area contributed by atoms with Crippen molar-refractivity contribution in [1.29, 1.82) is 0 Å². The molecule has 0 N–H and O–H groups in total. The minimum absolute atomic E-state index is 0.904. The summed E-state index contributed by atoms with van der Waals surface area (Å²) in [5.74, 6) is 0. The number of rotatable bonds is 5. The summed E-state index contributed by atoms with van der Waals surface area (Å²) in [6, 6.07) is 72.2. The topological polar surface area (TPSA) is 16.4 Å². The van der Waals surface area contributed by atoms with Gasteiger partial charge in [-0.15, -0.1) is 0 Å². The van der Waals surface area contributed by atoms with Gasteiger partial charge < -0.3 is 9.32 Å². The fraction of sp³-hybridized carbons (Fsp3) is 0. The molecule has 0 aliphatic heterocycles. The van der Waals surface area contributed by atoms with E-state index in [2.05, 4.69) is 205 Å². The standard InChI is InChI=1S/C52H33NO/c1-2-14-34(15-3-1)41-24-12-26-47-48-27-13-25-42(52(48)54-51(41)47)35-28-30-38(31-29-35)53(49-32-36-16-4-6-18-39(36)43-20-8-10-22-45(43)49)50-33-37-17-5-7-19-40(37)44-21-9-11-23-46(44)50/h1-33H. The van der Waals surface area contributed by atoms with Crippen molar-refractivity contribution in [1.82, 2.24) is 0 Å². The van der Waals surface area contributed by atoms with Crippen molar-refractivity contribution in [3.63, 3.8) is 0 Å². The lowest BCUT2D eigenvalue weighted by Crippen LogP contribution is -2.11. The first kappa shape index (κ1) is 30.5. The van der Waals surface area contributed by atoms with Crippen LogP contribution in [0.5, 0.6) is 0 Å². The zero-order valence-corrected chi connectivity index (χ0v) is 29.4. The molecule has 2 nitrogen and oxygen atoms in total. The van der Waals surface area contributed by atoms with Gasteiger partial charge in [-0.2, -0.15) is 0 Å². The van der Waals surface area contributed by atoms with Crippen molar-refractivity contribution in [3.05, 3.63) is 200 Å². The third kappa shape index (κ3) is 4.74. The largest absolute Gasteiger partial charge is 0.455 e. The van der Waals surface area contributed by atoms with Crippen molar-refractivity contribution in [3.8, 4) is 22.3 Å². The molecule has 0 fully saturated rings. The van der Waals surface area contributed by atoms with Gasteiger partial charge >= 0.3 is 0 Å². The second kappa shape index (κ2) is 12.2. The van der Waals surface area contributed by atoms with Crippen molar-refractivity contribution < 1.29 is 4.42 Å². The summed E-state index contributed by atoms with van der Waals surface area (Å²) in [5, 5.41) is 12.1. The molecule has 0 aliphatic carbocycles. The zero-order valence-electron chi connectivity index (χ0n) is 29.4. The van der Waals surface area contributed by atoms with Crippen LogP contribution in [0.25, 0.3) is 87.3 Å². The lowest BCUT2D eigenvalue weighted by Gasteiger charge is -2.29. The number of fused-ring (bicyclic) bond motifs is 9. The Kier molecular flexibility index (Phi) is 6.90. The number of anilines is 3. The molecule has 0 bridgehead atoms. The average molecular weight is 688 g/mol. The number of nitrogens with zero attached hydrogens (tertiary/aromatic N) is 1. The van der Waals surface area contributed by atoms with Crippen LogP contribution in [-0.2, 0) is 0 Å². The van der Waals surface area contributed by atoms with Crippen molar-refractivity contribution in [2.24, 2.45) is 0 Å². The van der Waals surface area contributed by atoms with E-state index < -0.39 is 0 Å². The van der Waals surface area contributed by atoms with Gasteiger partial charge in [0.25, 0.3) is 0 Å². The molecule has 0 saturated carbocycles. The average Bonchev–Trinajstić information content (AvgIpc) is 3.64. The van der Waals surface area contributed by atoms with Crippen molar-refractivity contribution in [2.75, 3.05) is 4.90 Å². The first-order valence-electron chi connectivity index (χ1n) is 18.5. The fourth-order valence-electron chi connectivity index (χ4n) is 8.53. The Hall–Kier alpha value is -7.16. The third-order valence-electron chi connectivity index (χ3n) is 11.0. The van der Waals surface area contributed by atoms with Crippen LogP contribution in [0.1, 0.15) is 0 Å². The maximum atomic E-state index is 6.81. The van der Waals surface area contributed by atoms with Crippen LogP contribution in [0.3, 0.4) is 0 Å². The SMILES string of the molecule is c1ccc(-c2cccc3c2oc2c(-c4ccc(N(c5cc6ccccc6c6ccccc56)c5cc6ccccc6c6ccccc56)cc4)cccc23)cc1. The van der Waals surface area contributed by atoms with Crippen LogP contribution in [-0.4, -0.2) is 0 Å². The molecule has 54 heavy (non-hydrogen) atoms. The Labute approximate surface area is 312 Å². The van der Waals surface area contributed by atoms with Crippen LogP contribution in [0.2, 0.25) is 0 Å². The maximum absolute atomic E-state index is 6.81. The molecular weight excluding hydrogens is 655 g/mol. The molecule has 2 heteroatoms. The zero-order chi connectivity index (χ0) is 35.6. The summed E-state index contributed by atoms with van der Waals surface area (Å²) >= 11 is 0. The summed E-state index contributed by atoms with van der Waals surface area (Å²) < 4.78 is 6.81. The second-order valence-corrected chi connectivity index (χ2v) is 14.0. The smallest absolute Gasteiger partial charge is 0.143 e. The lowest BCUT2D eigenvalue weighted by molar-refractivity contribution is 0.671. The van der Waals surface area contributed by atoms with Gasteiger partial charge in [-0.25, -0.2) is 0 Å². The predicted octanol–water partition coefficient (Wildman–Crippen LogP) is 15.0. The van der Waals surface area contributed by atoms with Gasteiger partial charge in [-0.05, 0) is 67.7 Å². The Morgan fingerprint density at radius 1 is 0.296 bits per heavy atom. The van der Waals surface area contributed by atoms with Crippen LogP contribution >= 0.6 is 0 Å². The first-order chi connectivity index (χ1) is 26.8. The first-order valence-corrected chi connectivity index (χ1v) is 18.5. The monoisotopic (exact) mass is 687 g/mol. The summed E-state index contributed by atoms with van der Waals surface area (Å²) in [7, 11) is 0. The summed E-state index contributed by atoms with van der Waals surface area (Å²) in [6.45, 7) is 0. The summed E-state index contributed by atoms with van der Waals surface area (Å²) in [4.78, 5) is 2.46. The molecule has 0 saturated heterocycles. The van der Waals surface area contributed by atoms with E-state index in [9.17, 15) is 0 Å². The van der Waals surface area contributed by atoms with E-state index in [4.69, 9.17) is 4.42 Å². The third-order valence-corrected chi connectivity index (χ3v) is 11.0. The van der Waals surface area contributed by atoms with Gasteiger partial charge in [-0.3, -0.25) is 0 Å². The van der Waals surface area contributed by atoms with Gasteiger partial charge in [0.1, 0.15) is 11.2 Å². The van der Waals surface area contributed by atoms with Crippen molar-refractivity contribution in [2.45, 2.75) is 0 Å². The molecule has 11 aromatic rings. The Morgan fingerprint density at radius 3 is 1.22 bits per heavy atom. The number of hydrogen-bond donors (Lipinski definition) is 0. The van der Waals surface area contributed by atoms with Gasteiger partial charge in [0.05, 0.1) is 11.4 Å². The van der Waals surface area contributed by atoms with E-state index in [1.54, 1.807) is 0 Å². The summed E-state index contributed by atoms with van der Waals surface area (Å²) in [5.41, 5.74) is 9.63. The highest BCUT2D eigenvalue weighted by molar-refractivity contribution is 6.19. The Morgan fingerprint density at radius 2 is 0.704 bits per heavy atom. The van der Waals surface area contributed by atoms with Crippen LogP contribution < -0.4 is 4.90 Å². The Balaban J connectivity index is 1.14. The van der Waals surface area contributed by atoms with E-state index in [0.717, 1.165) is 61.3 Å². The molecule has 1 aromatic heterocycles. The molecule has 0 unspecified atom stereocenters. The van der Waals surface area contributed by atoms with Crippen LogP contribution in [0.4, 0.5) is 17.1 Å². The van der Waals surface area contributed by atoms with Gasteiger partial charge in [-0.1, -0.05) is 176 Å². The normalized spacial score (nSPS) is 11.7. The Bertz CT molecular complexity index is 3090. The molecule has 1 heterocycles. The molecule has 10 aromatic carbocycles. The van der Waals surface area contributed by atoms with E-state index in [1.165, 1.54) is 43.1 Å². The molecule has 11 rings (SSSR count). The summed E-state index contributed by atoms with van der Waals surface area (Å²) in [6.07, 6.45) is 0. The predicted molar refractivity (Wildman–Crippen MR) is 229 cm³/mol. The molecule has 0 radical (unpaired) electrons. The second-order valence-electron chi connectivity index (χ2n) is 14.0. The van der Waals surface area contributed by atoms with E-state index >= 15 is 0 Å². The van der Waals surface area contributed by atoms with Gasteiger partial charge in [0.2, 0.25) is 0 Å². The van der Waals surface area contributed by atoms with Gasteiger partial charge in [0, 0.05) is 38.4 Å². The number of hydrogen-bond acceptors (Lipinski definition) is 2. The molecule has 0 aliphatic rings. The van der Waals surface area contributed by atoms with E-state index in [-0.39, 0.29) is 0 Å². The number of benzene rings is 10. The van der Waals surface area contributed by atoms with E-state index in [0.29, 0.717) is 0 Å². The van der Waals surface area contributed by atoms with Crippen LogP contribution in [0, 0.1) is 0 Å². The minimum Gasteiger partial charge on any atom is -0.455 e. The van der Waals surface area contributed by atoms with E-state index in [1.807, 2.05) is 0 Å². The fourth-order valence-corrected chi connectivity index (χ4v) is 8.53. The number of furan rings is 1. The van der Waals surface area contributed by atoms with Gasteiger partial charge in [0.15, 0.2) is 0 Å². The maximum Gasteiger partial charge on any atom is 0.143 e. The number of para-hydroxylation sites is 2. The minimum atomic E-state index is 0.904. The molecular formula is C52H33NO. The highest BCUT2D eigenvalue weighted by Crippen LogP contribution is 2.47. The molecule has 0 spiro atoms. The van der Waals surface area contributed by atoms with Crippen molar-refractivity contribution >= 4 is 82.1 Å². The molecule has 252 valence electrons. The molecule has 0 atom stereocenters. The highest BCUT2D eigenvalue weighted by atomic mass is 16.3. The quantitative estimate of drug-likeness (QED) is 0.168. The molecule has 0 amide bonds. The lowest BCUT2D eigenvalue weighted by atomic mass is 9.96. The van der Waals surface area contributed by atoms with Crippen LogP contribution in [0.15, 0.2) is 205 Å². The highest BCUT2D eigenvalue weighted by Gasteiger charge is 2.21.